The van der Waals surface area contributed by atoms with E-state index in [2.05, 4.69) is 33.9 Å². The lowest BCUT2D eigenvalue weighted by Gasteiger charge is -2.37. The van der Waals surface area contributed by atoms with Gasteiger partial charge >= 0.3 is 0 Å². The van der Waals surface area contributed by atoms with E-state index in [4.69, 9.17) is 10.2 Å². The lowest BCUT2D eigenvalue weighted by atomic mass is 10.1. The molecule has 0 aliphatic rings. The Morgan fingerprint density at radius 1 is 1.16 bits per heavy atom. The fraction of sp³-hybridized carbons (Fsp3) is 0.571. The van der Waals surface area contributed by atoms with E-state index in [0.717, 1.165) is 6.07 Å². The van der Waals surface area contributed by atoms with Gasteiger partial charge in [-0.2, -0.15) is 0 Å². The molecule has 0 heterocycles. The molecule has 0 saturated carbocycles. The second-order valence-electron chi connectivity index (χ2n) is 6.38. The third-order valence-corrected chi connectivity index (χ3v) is 8.24. The summed E-state index contributed by atoms with van der Waals surface area (Å²) < 4.78 is 32.2. The maximum absolute atomic E-state index is 13.1. The smallest absolute Gasteiger partial charge is 0.192 e. The molecule has 1 aromatic carbocycles. The number of benzene rings is 1. The fourth-order valence-electron chi connectivity index (χ4n) is 1.40. The van der Waals surface area contributed by atoms with Crippen LogP contribution in [0.15, 0.2) is 18.2 Å². The first-order chi connectivity index (χ1) is 8.53. The van der Waals surface area contributed by atoms with Crippen molar-refractivity contribution in [3.05, 3.63) is 35.4 Å². The predicted octanol–water partition coefficient (Wildman–Crippen LogP) is 3.99. The normalized spacial score (nSPS) is 14.5. The third kappa shape index (κ3) is 4.37. The van der Waals surface area contributed by atoms with E-state index >= 15 is 0 Å². The number of hydrogen-bond donors (Lipinski definition) is 1. The summed E-state index contributed by atoms with van der Waals surface area (Å²) in [7, 11) is -1.90. The Bertz CT molecular complexity index is 423. The average Bonchev–Trinajstić information content (AvgIpc) is 2.23. The molecule has 0 spiro atoms. The first kappa shape index (κ1) is 16.3. The first-order valence-corrected chi connectivity index (χ1v) is 9.29. The molecule has 0 saturated heterocycles. The fourth-order valence-corrected chi connectivity index (χ4v) is 2.43. The van der Waals surface area contributed by atoms with Crippen molar-refractivity contribution >= 4 is 8.32 Å². The number of nitrogens with two attached hydrogens (primary N) is 1. The Balaban J connectivity index is 2.73. The van der Waals surface area contributed by atoms with Crippen LogP contribution >= 0.6 is 0 Å². The first-order valence-electron chi connectivity index (χ1n) is 6.38. The maximum atomic E-state index is 13.1. The lowest BCUT2D eigenvalue weighted by Crippen LogP contribution is -2.42. The summed E-state index contributed by atoms with van der Waals surface area (Å²) in [6, 6.07) is 2.83. The molecule has 1 rings (SSSR count). The largest absolute Gasteiger partial charge is 0.415 e. The molecule has 2 nitrogen and oxygen atoms in total. The van der Waals surface area contributed by atoms with Crippen LogP contribution in [0.3, 0.4) is 0 Å². The molecule has 0 aliphatic heterocycles. The van der Waals surface area contributed by atoms with Crippen LogP contribution in [0.5, 0.6) is 0 Å². The minimum atomic E-state index is -1.90. The summed E-state index contributed by atoms with van der Waals surface area (Å²) in [6.07, 6.45) is 0. The molecule has 2 N–H and O–H groups in total. The molecule has 1 atom stereocenters. The van der Waals surface area contributed by atoms with Gasteiger partial charge in [0.15, 0.2) is 8.32 Å². The molecule has 19 heavy (non-hydrogen) atoms. The van der Waals surface area contributed by atoms with Gasteiger partial charge in [-0.15, -0.1) is 0 Å². The van der Waals surface area contributed by atoms with E-state index in [1.54, 1.807) is 0 Å². The van der Waals surface area contributed by atoms with E-state index in [0.29, 0.717) is 5.56 Å². The van der Waals surface area contributed by atoms with Crippen LogP contribution in [-0.4, -0.2) is 14.9 Å². The van der Waals surface area contributed by atoms with Gasteiger partial charge in [-0.1, -0.05) is 20.8 Å². The Kier molecular flexibility index (Phi) is 4.87. The molecule has 5 heteroatoms. The minimum Gasteiger partial charge on any atom is -0.415 e. The summed E-state index contributed by atoms with van der Waals surface area (Å²) in [4.78, 5) is 0. The van der Waals surface area contributed by atoms with Crippen LogP contribution < -0.4 is 5.73 Å². The average molecular weight is 287 g/mol. The van der Waals surface area contributed by atoms with Gasteiger partial charge < -0.3 is 10.2 Å². The van der Waals surface area contributed by atoms with Crippen LogP contribution in [0.1, 0.15) is 32.4 Å². The maximum Gasteiger partial charge on any atom is 0.192 e. The summed E-state index contributed by atoms with van der Waals surface area (Å²) in [5, 5.41) is 0.0832. The second kappa shape index (κ2) is 5.69. The molecule has 0 aromatic heterocycles. The van der Waals surface area contributed by atoms with Crippen LogP contribution in [-0.2, 0) is 4.43 Å². The van der Waals surface area contributed by atoms with Crippen LogP contribution in [0, 0.1) is 11.6 Å². The molecule has 108 valence electrons. The van der Waals surface area contributed by atoms with Crippen molar-refractivity contribution in [3.63, 3.8) is 0 Å². The van der Waals surface area contributed by atoms with E-state index in [9.17, 15) is 8.78 Å². The highest BCUT2D eigenvalue weighted by Gasteiger charge is 2.37. The SMILES string of the molecule is CC(C)(C)[Si](C)(C)OCC(N)c1cc(F)cc(F)c1. The van der Waals surface area contributed by atoms with Crippen molar-refractivity contribution in [1.82, 2.24) is 0 Å². The highest BCUT2D eigenvalue weighted by molar-refractivity contribution is 6.74. The molecular formula is C14H23F2NOSi. The Morgan fingerprint density at radius 3 is 2.05 bits per heavy atom. The van der Waals surface area contributed by atoms with Crippen molar-refractivity contribution < 1.29 is 13.2 Å². The minimum absolute atomic E-state index is 0.0832. The van der Waals surface area contributed by atoms with Gasteiger partial charge in [-0.25, -0.2) is 8.78 Å². The molecular weight excluding hydrogens is 264 g/mol. The Morgan fingerprint density at radius 2 is 1.63 bits per heavy atom. The standard InChI is InChI=1S/C14H23F2NOSi/c1-14(2,3)19(4,5)18-9-13(17)10-6-11(15)8-12(16)7-10/h6-8,13H,9,17H2,1-5H3. The van der Waals surface area contributed by atoms with Gasteiger partial charge in [-0.05, 0) is 35.8 Å². The number of hydrogen-bond acceptors (Lipinski definition) is 2. The molecule has 0 bridgehead atoms. The van der Waals surface area contributed by atoms with Crippen molar-refractivity contribution in [2.24, 2.45) is 5.73 Å². The zero-order valence-electron chi connectivity index (χ0n) is 12.3. The molecule has 0 fully saturated rings. The summed E-state index contributed by atoms with van der Waals surface area (Å²) >= 11 is 0. The number of rotatable bonds is 4. The van der Waals surface area contributed by atoms with Gasteiger partial charge in [0.25, 0.3) is 0 Å². The van der Waals surface area contributed by atoms with Crippen molar-refractivity contribution in [1.29, 1.82) is 0 Å². The molecule has 1 unspecified atom stereocenters. The van der Waals surface area contributed by atoms with Crippen LogP contribution in [0.2, 0.25) is 18.1 Å². The molecule has 0 amide bonds. The Labute approximate surface area is 115 Å². The second-order valence-corrected chi connectivity index (χ2v) is 11.2. The van der Waals surface area contributed by atoms with E-state index in [-0.39, 0.29) is 11.6 Å². The zero-order valence-corrected chi connectivity index (χ0v) is 13.3. The van der Waals surface area contributed by atoms with Gasteiger partial charge in [0.2, 0.25) is 0 Å². The van der Waals surface area contributed by atoms with Gasteiger partial charge in [-0.3, -0.25) is 0 Å². The number of halogens is 2. The lowest BCUT2D eigenvalue weighted by molar-refractivity contribution is 0.264. The van der Waals surface area contributed by atoms with Gasteiger partial charge in [0, 0.05) is 6.07 Å². The van der Waals surface area contributed by atoms with Crippen LogP contribution in [0.4, 0.5) is 8.78 Å². The third-order valence-electron chi connectivity index (χ3n) is 3.74. The Hall–Kier alpha value is -0.783. The summed E-state index contributed by atoms with van der Waals surface area (Å²) in [5.41, 5.74) is 6.37. The quantitative estimate of drug-likeness (QED) is 0.850. The molecule has 1 aromatic rings. The topological polar surface area (TPSA) is 35.2 Å². The van der Waals surface area contributed by atoms with E-state index < -0.39 is 26.0 Å². The van der Waals surface area contributed by atoms with Crippen molar-refractivity contribution in [2.45, 2.75) is 44.9 Å². The predicted molar refractivity (Wildman–Crippen MR) is 76.4 cm³/mol. The van der Waals surface area contributed by atoms with E-state index in [1.807, 2.05) is 0 Å². The van der Waals surface area contributed by atoms with Crippen molar-refractivity contribution in [3.8, 4) is 0 Å². The van der Waals surface area contributed by atoms with Gasteiger partial charge in [0.05, 0.1) is 12.6 Å². The summed E-state index contributed by atoms with van der Waals surface area (Å²) in [6.45, 7) is 10.9. The van der Waals surface area contributed by atoms with Gasteiger partial charge in [0.1, 0.15) is 11.6 Å². The van der Waals surface area contributed by atoms with Crippen LogP contribution in [0.25, 0.3) is 0 Å². The monoisotopic (exact) mass is 287 g/mol. The summed E-state index contributed by atoms with van der Waals surface area (Å²) in [5.74, 6) is -1.23. The highest BCUT2D eigenvalue weighted by atomic mass is 28.4. The van der Waals surface area contributed by atoms with E-state index in [1.165, 1.54) is 12.1 Å². The molecule has 0 radical (unpaired) electrons. The zero-order chi connectivity index (χ0) is 14.8. The van der Waals surface area contributed by atoms with Crippen molar-refractivity contribution in [2.75, 3.05) is 6.61 Å². The molecule has 0 aliphatic carbocycles. The highest BCUT2D eigenvalue weighted by Crippen LogP contribution is 2.37.